The molecule has 1 heterocycles. The van der Waals surface area contributed by atoms with Crippen LogP contribution in [-0.2, 0) is 6.54 Å². The molecule has 1 aliphatic heterocycles. The molecule has 0 bridgehead atoms. The normalized spacial score (nSPS) is 23.3. The van der Waals surface area contributed by atoms with Crippen LogP contribution >= 0.6 is 0 Å². The van der Waals surface area contributed by atoms with E-state index in [4.69, 9.17) is 4.74 Å². The minimum Gasteiger partial charge on any atom is -0.496 e. The van der Waals surface area contributed by atoms with Gasteiger partial charge in [0.05, 0.1) is 13.2 Å². The summed E-state index contributed by atoms with van der Waals surface area (Å²) in [5, 5.41) is 10.2. The van der Waals surface area contributed by atoms with Crippen molar-refractivity contribution in [2.75, 3.05) is 20.2 Å². The van der Waals surface area contributed by atoms with E-state index >= 15 is 0 Å². The predicted octanol–water partition coefficient (Wildman–Crippen LogP) is 2.60. The van der Waals surface area contributed by atoms with E-state index in [1.54, 1.807) is 7.11 Å². The summed E-state index contributed by atoms with van der Waals surface area (Å²) in [5.41, 5.74) is 2.50. The number of benzene rings is 1. The van der Waals surface area contributed by atoms with Gasteiger partial charge in [-0.3, -0.25) is 4.90 Å². The SMILES string of the molecule is COc1ccc(CN2CCC(C)(C)C(O)C2)cc1C. The number of methoxy groups -OCH3 is 1. The number of nitrogens with zero attached hydrogens (tertiary/aromatic N) is 1. The zero-order valence-electron chi connectivity index (χ0n) is 12.4. The maximum absolute atomic E-state index is 10.2. The van der Waals surface area contributed by atoms with Gasteiger partial charge in [-0.2, -0.15) is 0 Å². The fourth-order valence-corrected chi connectivity index (χ4v) is 2.64. The van der Waals surface area contributed by atoms with Gasteiger partial charge in [-0.05, 0) is 42.5 Å². The van der Waals surface area contributed by atoms with Gasteiger partial charge < -0.3 is 9.84 Å². The lowest BCUT2D eigenvalue weighted by Gasteiger charge is -2.41. The van der Waals surface area contributed by atoms with Gasteiger partial charge in [0.1, 0.15) is 5.75 Å². The molecule has 19 heavy (non-hydrogen) atoms. The van der Waals surface area contributed by atoms with Crippen molar-refractivity contribution >= 4 is 0 Å². The Balaban J connectivity index is 2.01. The largest absolute Gasteiger partial charge is 0.496 e. The van der Waals surface area contributed by atoms with Gasteiger partial charge in [-0.1, -0.05) is 26.0 Å². The van der Waals surface area contributed by atoms with Crippen molar-refractivity contribution in [2.24, 2.45) is 5.41 Å². The van der Waals surface area contributed by atoms with Gasteiger partial charge in [-0.15, -0.1) is 0 Å². The third-order valence-corrected chi connectivity index (χ3v) is 4.27. The molecule has 1 aromatic rings. The molecular formula is C16H25NO2. The molecule has 1 fully saturated rings. The Hall–Kier alpha value is -1.06. The Labute approximate surface area is 116 Å². The molecule has 0 aliphatic carbocycles. The van der Waals surface area contributed by atoms with Crippen LogP contribution in [0.1, 0.15) is 31.4 Å². The Bertz CT molecular complexity index is 442. The van der Waals surface area contributed by atoms with E-state index in [0.29, 0.717) is 0 Å². The molecule has 3 nitrogen and oxygen atoms in total. The fraction of sp³-hybridized carbons (Fsp3) is 0.625. The maximum atomic E-state index is 10.2. The van der Waals surface area contributed by atoms with Crippen molar-refractivity contribution in [3.8, 4) is 5.75 Å². The molecule has 106 valence electrons. The van der Waals surface area contributed by atoms with Gasteiger partial charge in [0.25, 0.3) is 0 Å². The van der Waals surface area contributed by atoms with Crippen LogP contribution in [0.5, 0.6) is 5.75 Å². The first-order chi connectivity index (χ1) is 8.92. The summed E-state index contributed by atoms with van der Waals surface area (Å²) >= 11 is 0. The van der Waals surface area contributed by atoms with Gasteiger partial charge in [-0.25, -0.2) is 0 Å². The number of ether oxygens (including phenoxy) is 1. The van der Waals surface area contributed by atoms with Crippen molar-refractivity contribution < 1.29 is 9.84 Å². The van der Waals surface area contributed by atoms with E-state index in [1.165, 1.54) is 5.56 Å². The number of aryl methyl sites for hydroxylation is 1. The molecule has 1 saturated heterocycles. The number of hydrogen-bond acceptors (Lipinski definition) is 3. The van der Waals surface area contributed by atoms with E-state index in [2.05, 4.69) is 37.8 Å². The number of β-amino-alcohol motifs (C(OH)–C–C–N with tert-alkyl or cyclic N) is 1. The predicted molar refractivity (Wildman–Crippen MR) is 77.4 cm³/mol. The van der Waals surface area contributed by atoms with Gasteiger partial charge in [0.2, 0.25) is 0 Å². The number of rotatable bonds is 3. The highest BCUT2D eigenvalue weighted by molar-refractivity contribution is 5.36. The lowest BCUT2D eigenvalue weighted by molar-refractivity contribution is -0.0278. The van der Waals surface area contributed by atoms with E-state index in [-0.39, 0.29) is 11.5 Å². The summed E-state index contributed by atoms with van der Waals surface area (Å²) in [4.78, 5) is 2.33. The third-order valence-electron chi connectivity index (χ3n) is 4.27. The molecular weight excluding hydrogens is 238 g/mol. The Morgan fingerprint density at radius 2 is 2.16 bits per heavy atom. The van der Waals surface area contributed by atoms with Gasteiger partial charge in [0, 0.05) is 13.1 Å². The van der Waals surface area contributed by atoms with Gasteiger partial charge in [0.15, 0.2) is 0 Å². The van der Waals surface area contributed by atoms with Crippen molar-refractivity contribution in [3.05, 3.63) is 29.3 Å². The van der Waals surface area contributed by atoms with E-state index in [9.17, 15) is 5.11 Å². The second-order valence-electron chi connectivity index (χ2n) is 6.29. The van der Waals surface area contributed by atoms with Crippen LogP contribution in [0.3, 0.4) is 0 Å². The molecule has 1 aromatic carbocycles. The Morgan fingerprint density at radius 3 is 2.74 bits per heavy atom. The molecule has 3 heteroatoms. The zero-order chi connectivity index (χ0) is 14.0. The van der Waals surface area contributed by atoms with Crippen LogP contribution in [0.15, 0.2) is 18.2 Å². The number of hydrogen-bond donors (Lipinski definition) is 1. The van der Waals surface area contributed by atoms with Crippen molar-refractivity contribution in [1.82, 2.24) is 4.90 Å². The highest BCUT2D eigenvalue weighted by Gasteiger charge is 2.33. The maximum Gasteiger partial charge on any atom is 0.121 e. The molecule has 0 aromatic heterocycles. The van der Waals surface area contributed by atoms with Gasteiger partial charge >= 0.3 is 0 Å². The summed E-state index contributed by atoms with van der Waals surface area (Å²) in [6.07, 6.45) is 0.809. The first kappa shape index (κ1) is 14.4. The summed E-state index contributed by atoms with van der Waals surface area (Å²) < 4.78 is 5.28. The standard InChI is InChI=1S/C16H25NO2/c1-12-9-13(5-6-14(12)19-4)10-17-8-7-16(2,3)15(18)11-17/h5-6,9,15,18H,7-8,10-11H2,1-4H3. The average Bonchev–Trinajstić information content (AvgIpc) is 2.35. The van der Waals surface area contributed by atoms with Crippen molar-refractivity contribution in [3.63, 3.8) is 0 Å². The van der Waals surface area contributed by atoms with Crippen LogP contribution in [0, 0.1) is 12.3 Å². The van der Waals surface area contributed by atoms with Crippen molar-refractivity contribution in [1.29, 1.82) is 0 Å². The molecule has 0 amide bonds. The highest BCUT2D eigenvalue weighted by atomic mass is 16.5. The number of likely N-dealkylation sites (tertiary alicyclic amines) is 1. The number of aliphatic hydroxyl groups is 1. The third kappa shape index (κ3) is 3.28. The average molecular weight is 263 g/mol. The second-order valence-corrected chi connectivity index (χ2v) is 6.29. The first-order valence-electron chi connectivity index (χ1n) is 6.96. The first-order valence-corrected chi connectivity index (χ1v) is 6.96. The van der Waals surface area contributed by atoms with E-state index in [1.807, 2.05) is 6.07 Å². The lowest BCUT2D eigenvalue weighted by Crippen LogP contribution is -2.47. The van der Waals surface area contributed by atoms with Crippen LogP contribution in [-0.4, -0.2) is 36.3 Å². The Kier molecular flexibility index (Phi) is 4.16. The fourth-order valence-electron chi connectivity index (χ4n) is 2.64. The smallest absolute Gasteiger partial charge is 0.121 e. The van der Waals surface area contributed by atoms with Crippen LogP contribution in [0.25, 0.3) is 0 Å². The quantitative estimate of drug-likeness (QED) is 0.910. The molecule has 0 radical (unpaired) electrons. The minimum atomic E-state index is -0.236. The summed E-state index contributed by atoms with van der Waals surface area (Å²) in [6, 6.07) is 6.30. The molecule has 0 saturated carbocycles. The van der Waals surface area contributed by atoms with Crippen LogP contribution in [0.2, 0.25) is 0 Å². The van der Waals surface area contributed by atoms with Crippen LogP contribution < -0.4 is 4.74 Å². The molecule has 2 rings (SSSR count). The van der Waals surface area contributed by atoms with Crippen molar-refractivity contribution in [2.45, 2.75) is 39.8 Å². The molecule has 1 unspecified atom stereocenters. The summed E-state index contributed by atoms with van der Waals surface area (Å²) in [5.74, 6) is 0.934. The molecule has 1 aliphatic rings. The molecule has 0 spiro atoms. The van der Waals surface area contributed by atoms with Crippen LogP contribution in [0.4, 0.5) is 0 Å². The van der Waals surface area contributed by atoms with E-state index in [0.717, 1.165) is 37.4 Å². The second kappa shape index (κ2) is 5.51. The minimum absolute atomic E-state index is 0.0479. The summed E-state index contributed by atoms with van der Waals surface area (Å²) in [7, 11) is 1.70. The topological polar surface area (TPSA) is 32.7 Å². The molecule has 1 N–H and O–H groups in total. The highest BCUT2D eigenvalue weighted by Crippen LogP contribution is 2.31. The Morgan fingerprint density at radius 1 is 1.42 bits per heavy atom. The van der Waals surface area contributed by atoms with E-state index < -0.39 is 0 Å². The summed E-state index contributed by atoms with van der Waals surface area (Å²) in [6.45, 7) is 9.07. The number of piperidine rings is 1. The monoisotopic (exact) mass is 263 g/mol. The lowest BCUT2D eigenvalue weighted by atomic mass is 9.80. The number of aliphatic hydroxyl groups excluding tert-OH is 1. The molecule has 1 atom stereocenters. The zero-order valence-corrected chi connectivity index (χ0v) is 12.4.